The second-order valence-electron chi connectivity index (χ2n) is 8.53. The fraction of sp³-hybridized carbons (Fsp3) is 0.138. The minimum atomic E-state index is 0.0870. The summed E-state index contributed by atoms with van der Waals surface area (Å²) in [5.74, 6) is 0.0870. The highest BCUT2D eigenvalue weighted by Gasteiger charge is 2.17. The van der Waals surface area contributed by atoms with Crippen molar-refractivity contribution in [3.63, 3.8) is 0 Å². The predicted molar refractivity (Wildman–Crippen MR) is 137 cm³/mol. The molecule has 2 aromatic heterocycles. The van der Waals surface area contributed by atoms with Crippen LogP contribution in [0.5, 0.6) is 0 Å². The lowest BCUT2D eigenvalue weighted by Crippen LogP contribution is -2.26. The molecule has 3 aromatic carbocycles. The number of aryl methyl sites for hydroxylation is 1. The van der Waals surface area contributed by atoms with Crippen molar-refractivity contribution >= 4 is 5.91 Å². The molecule has 0 spiro atoms. The largest absolute Gasteiger partial charge is 0.341 e. The Morgan fingerprint density at radius 1 is 0.800 bits per heavy atom. The van der Waals surface area contributed by atoms with Gasteiger partial charge in [0.25, 0.3) is 0 Å². The van der Waals surface area contributed by atoms with Gasteiger partial charge in [0.05, 0.1) is 23.3 Å². The van der Waals surface area contributed by atoms with E-state index in [4.69, 9.17) is 5.10 Å². The summed E-state index contributed by atoms with van der Waals surface area (Å²) in [6.07, 6.45) is 6.90. The first-order valence-electron chi connectivity index (χ1n) is 11.7. The van der Waals surface area contributed by atoms with Crippen molar-refractivity contribution in [2.45, 2.75) is 19.4 Å². The molecule has 0 radical (unpaired) electrons. The van der Waals surface area contributed by atoms with Crippen LogP contribution in [0, 0.1) is 0 Å². The van der Waals surface area contributed by atoms with E-state index in [9.17, 15) is 4.79 Å². The molecular formula is C29H27N5O. The third-order valence-corrected chi connectivity index (χ3v) is 5.98. The van der Waals surface area contributed by atoms with Crippen LogP contribution in [-0.2, 0) is 17.8 Å². The minimum absolute atomic E-state index is 0.0870. The maximum absolute atomic E-state index is 13.0. The number of para-hydroxylation sites is 2. The van der Waals surface area contributed by atoms with E-state index >= 15 is 0 Å². The van der Waals surface area contributed by atoms with Crippen molar-refractivity contribution in [3.8, 4) is 22.6 Å². The summed E-state index contributed by atoms with van der Waals surface area (Å²) in [6, 6.07) is 30.1. The van der Waals surface area contributed by atoms with Gasteiger partial charge in [-0.3, -0.25) is 4.79 Å². The lowest BCUT2D eigenvalue weighted by molar-refractivity contribution is -0.130. The first kappa shape index (κ1) is 22.3. The Morgan fingerprint density at radius 3 is 2.06 bits per heavy atom. The van der Waals surface area contributed by atoms with Crippen molar-refractivity contribution in [2.75, 3.05) is 7.05 Å². The number of carbonyl (C=O) groups is 1. The molecule has 0 N–H and O–H groups in total. The van der Waals surface area contributed by atoms with Crippen molar-refractivity contribution in [3.05, 3.63) is 121 Å². The summed E-state index contributed by atoms with van der Waals surface area (Å²) in [6.45, 7) is 0.485. The van der Waals surface area contributed by atoms with Crippen LogP contribution in [0.4, 0.5) is 0 Å². The molecule has 174 valence electrons. The molecule has 5 rings (SSSR count). The van der Waals surface area contributed by atoms with Crippen LogP contribution in [0.3, 0.4) is 0 Å². The molecular weight excluding hydrogens is 434 g/mol. The SMILES string of the molecule is CN(Cc1cn(-c2ccccc2)nc1-c1ccccc1)C(=O)CCc1cnn(-c2ccccc2)c1. The van der Waals surface area contributed by atoms with E-state index in [0.717, 1.165) is 33.8 Å². The van der Waals surface area contributed by atoms with E-state index in [2.05, 4.69) is 5.10 Å². The predicted octanol–water partition coefficient (Wildman–Crippen LogP) is 5.32. The number of rotatable bonds is 8. The van der Waals surface area contributed by atoms with E-state index in [1.165, 1.54) is 0 Å². The molecule has 6 heteroatoms. The van der Waals surface area contributed by atoms with Crippen LogP contribution in [0.2, 0.25) is 0 Å². The van der Waals surface area contributed by atoms with E-state index in [1.807, 2.05) is 126 Å². The number of nitrogens with zero attached hydrogens (tertiary/aromatic N) is 5. The summed E-state index contributed by atoms with van der Waals surface area (Å²) in [7, 11) is 1.85. The first-order valence-corrected chi connectivity index (χ1v) is 11.7. The fourth-order valence-electron chi connectivity index (χ4n) is 4.07. The Labute approximate surface area is 205 Å². The molecule has 35 heavy (non-hydrogen) atoms. The fourth-order valence-corrected chi connectivity index (χ4v) is 4.07. The molecule has 0 saturated carbocycles. The standard InChI is InChI=1S/C29H27N5O/c1-32(28(35)18-17-23-19-30-33(20-23)26-13-7-3-8-14-26)21-25-22-34(27-15-9-4-10-16-27)31-29(25)24-11-5-2-6-12-24/h2-16,19-20,22H,17-18,21H2,1H3. The van der Waals surface area contributed by atoms with Crippen molar-refractivity contribution in [1.82, 2.24) is 24.5 Å². The molecule has 1 amide bonds. The summed E-state index contributed by atoms with van der Waals surface area (Å²) < 4.78 is 3.72. The lowest BCUT2D eigenvalue weighted by Gasteiger charge is -2.17. The van der Waals surface area contributed by atoms with Gasteiger partial charge in [-0.05, 0) is 36.2 Å². The second kappa shape index (κ2) is 10.2. The van der Waals surface area contributed by atoms with Crippen LogP contribution >= 0.6 is 0 Å². The summed E-state index contributed by atoms with van der Waals surface area (Å²) in [4.78, 5) is 14.8. The van der Waals surface area contributed by atoms with E-state index in [-0.39, 0.29) is 5.91 Å². The van der Waals surface area contributed by atoms with Gasteiger partial charge < -0.3 is 4.90 Å². The van der Waals surface area contributed by atoms with Gasteiger partial charge in [0.2, 0.25) is 5.91 Å². The maximum atomic E-state index is 13.0. The first-order chi connectivity index (χ1) is 17.2. The van der Waals surface area contributed by atoms with Gasteiger partial charge in [-0.25, -0.2) is 9.36 Å². The van der Waals surface area contributed by atoms with Gasteiger partial charge in [0, 0.05) is 43.5 Å². The number of carbonyl (C=O) groups excluding carboxylic acids is 1. The molecule has 6 nitrogen and oxygen atoms in total. The molecule has 0 aliphatic rings. The Balaban J connectivity index is 1.29. The Hall–Kier alpha value is -4.45. The van der Waals surface area contributed by atoms with Gasteiger partial charge in [-0.2, -0.15) is 10.2 Å². The van der Waals surface area contributed by atoms with Gasteiger partial charge >= 0.3 is 0 Å². The molecule has 0 aliphatic heterocycles. The summed E-state index contributed by atoms with van der Waals surface area (Å²) in [5.41, 5.74) is 5.96. The highest BCUT2D eigenvalue weighted by atomic mass is 16.2. The summed E-state index contributed by atoms with van der Waals surface area (Å²) >= 11 is 0. The third-order valence-electron chi connectivity index (χ3n) is 5.98. The highest BCUT2D eigenvalue weighted by Crippen LogP contribution is 2.25. The molecule has 0 atom stereocenters. The zero-order valence-electron chi connectivity index (χ0n) is 19.7. The zero-order chi connectivity index (χ0) is 24.0. The number of hydrogen-bond donors (Lipinski definition) is 0. The van der Waals surface area contributed by atoms with Crippen molar-refractivity contribution < 1.29 is 4.79 Å². The number of hydrogen-bond acceptors (Lipinski definition) is 3. The van der Waals surface area contributed by atoms with Crippen molar-refractivity contribution in [2.24, 2.45) is 0 Å². The van der Waals surface area contributed by atoms with Crippen molar-refractivity contribution in [1.29, 1.82) is 0 Å². The number of aromatic nitrogens is 4. The second-order valence-corrected chi connectivity index (χ2v) is 8.53. The smallest absolute Gasteiger partial charge is 0.222 e. The van der Waals surface area contributed by atoms with E-state index in [0.29, 0.717) is 19.4 Å². The quantitative estimate of drug-likeness (QED) is 0.314. The third kappa shape index (κ3) is 5.22. The molecule has 0 aliphatic carbocycles. The van der Waals surface area contributed by atoms with Crippen LogP contribution in [0.25, 0.3) is 22.6 Å². The molecule has 0 saturated heterocycles. The normalized spacial score (nSPS) is 10.9. The molecule has 0 unspecified atom stereocenters. The zero-order valence-corrected chi connectivity index (χ0v) is 19.7. The Kier molecular flexibility index (Phi) is 6.52. The summed E-state index contributed by atoms with van der Waals surface area (Å²) in [5, 5.41) is 9.29. The average molecular weight is 462 g/mol. The van der Waals surface area contributed by atoms with Crippen LogP contribution in [-0.4, -0.2) is 37.4 Å². The molecule has 0 fully saturated rings. The van der Waals surface area contributed by atoms with Gasteiger partial charge in [0.1, 0.15) is 0 Å². The monoisotopic (exact) mass is 461 g/mol. The Bertz CT molecular complexity index is 1390. The lowest BCUT2D eigenvalue weighted by atomic mass is 10.1. The molecule has 2 heterocycles. The maximum Gasteiger partial charge on any atom is 0.222 e. The average Bonchev–Trinajstić information content (AvgIpc) is 3.56. The molecule has 5 aromatic rings. The number of amides is 1. The van der Waals surface area contributed by atoms with E-state index < -0.39 is 0 Å². The van der Waals surface area contributed by atoms with Crippen LogP contribution < -0.4 is 0 Å². The van der Waals surface area contributed by atoms with Gasteiger partial charge in [0.15, 0.2) is 0 Å². The molecule has 0 bridgehead atoms. The van der Waals surface area contributed by atoms with Gasteiger partial charge in [-0.1, -0.05) is 66.7 Å². The van der Waals surface area contributed by atoms with E-state index in [1.54, 1.807) is 4.90 Å². The number of benzene rings is 3. The van der Waals surface area contributed by atoms with Gasteiger partial charge in [-0.15, -0.1) is 0 Å². The van der Waals surface area contributed by atoms with Crippen LogP contribution in [0.1, 0.15) is 17.5 Å². The Morgan fingerprint density at radius 2 is 1.40 bits per heavy atom. The minimum Gasteiger partial charge on any atom is -0.341 e. The topological polar surface area (TPSA) is 56.0 Å². The highest BCUT2D eigenvalue weighted by molar-refractivity contribution is 5.76. The van der Waals surface area contributed by atoms with Crippen LogP contribution in [0.15, 0.2) is 110 Å².